The van der Waals surface area contributed by atoms with E-state index >= 15 is 0 Å². The molecule has 0 atom stereocenters. The zero-order chi connectivity index (χ0) is 28.7. The molecule has 0 aliphatic rings. The molecule has 0 bridgehead atoms. The van der Waals surface area contributed by atoms with E-state index < -0.39 is 21.9 Å². The maximum Gasteiger partial charge on any atom is 0.514 e. The number of carbonyl (C=O) groups is 1. The van der Waals surface area contributed by atoms with E-state index in [1.165, 1.54) is 9.79 Å². The van der Waals surface area contributed by atoms with Crippen molar-refractivity contribution >= 4 is 38.5 Å². The van der Waals surface area contributed by atoms with Crippen molar-refractivity contribution < 1.29 is 27.2 Å². The molecule has 3 rings (SSSR count). The van der Waals surface area contributed by atoms with Gasteiger partial charge in [-0.15, -0.1) is 0 Å². The van der Waals surface area contributed by atoms with Crippen molar-refractivity contribution in [3.63, 3.8) is 0 Å². The Bertz CT molecular complexity index is 1220. The third kappa shape index (κ3) is 10.6. The first-order valence-electron chi connectivity index (χ1n) is 11.7. The second kappa shape index (κ2) is 13.0. The second-order valence-electron chi connectivity index (χ2n) is 9.82. The van der Waals surface area contributed by atoms with Crippen molar-refractivity contribution in [2.75, 3.05) is 44.2 Å². The standard InChI is InChI=1S/C27H33N2O3S.CH4O3S/c1-27(2,3)32-26(30)31-22-12-18-25(19-13-22)33(23-14-8-20(9-15-23)28(4)5)24-16-10-21(11-17-24)29(6)7;1-5(2,3)4/h8-19H,1-7H3;1H3,(H,2,3,4)/q+1;/p-1. The first kappa shape index (κ1) is 31.0. The monoisotopic (exact) mass is 560 g/mol. The molecule has 10 heteroatoms. The van der Waals surface area contributed by atoms with E-state index in [9.17, 15) is 4.79 Å². The maximum atomic E-state index is 12.0. The van der Waals surface area contributed by atoms with E-state index in [0.29, 0.717) is 12.0 Å². The smallest absolute Gasteiger partial charge is 0.514 e. The van der Waals surface area contributed by atoms with Gasteiger partial charge >= 0.3 is 6.16 Å². The summed E-state index contributed by atoms with van der Waals surface area (Å²) < 4.78 is 37.8. The lowest BCUT2D eigenvalue weighted by molar-refractivity contribution is 0.0206. The van der Waals surface area contributed by atoms with E-state index in [4.69, 9.17) is 22.4 Å². The average Bonchev–Trinajstić information content (AvgIpc) is 2.79. The van der Waals surface area contributed by atoms with Gasteiger partial charge in [0.2, 0.25) is 0 Å². The highest BCUT2D eigenvalue weighted by atomic mass is 32.2. The molecule has 0 spiro atoms. The number of benzene rings is 3. The third-order valence-corrected chi connectivity index (χ3v) is 7.06. The van der Waals surface area contributed by atoms with Crippen LogP contribution in [0.3, 0.4) is 0 Å². The molecule has 0 radical (unpaired) electrons. The first-order chi connectivity index (χ1) is 17.5. The molecule has 206 valence electrons. The fraction of sp³-hybridized carbons (Fsp3) is 0.321. The number of nitrogens with zero attached hydrogens (tertiary/aromatic N) is 2. The van der Waals surface area contributed by atoms with Crippen molar-refractivity contribution in [1.29, 1.82) is 0 Å². The van der Waals surface area contributed by atoms with Gasteiger partial charge in [0.15, 0.2) is 14.7 Å². The van der Waals surface area contributed by atoms with Crippen LogP contribution in [-0.4, -0.2) is 59.2 Å². The summed E-state index contributed by atoms with van der Waals surface area (Å²) in [6.07, 6.45) is -0.0969. The van der Waals surface area contributed by atoms with Crippen LogP contribution in [0.25, 0.3) is 0 Å². The number of rotatable bonds is 6. The summed E-state index contributed by atoms with van der Waals surface area (Å²) >= 11 is 0. The summed E-state index contributed by atoms with van der Waals surface area (Å²) in [7, 11) is 3.94. The predicted molar refractivity (Wildman–Crippen MR) is 153 cm³/mol. The van der Waals surface area contributed by atoms with Crippen LogP contribution in [-0.2, 0) is 25.7 Å². The molecule has 3 aromatic carbocycles. The van der Waals surface area contributed by atoms with Crippen LogP contribution in [0.2, 0.25) is 0 Å². The van der Waals surface area contributed by atoms with Gasteiger partial charge in [-0.05, 0) is 93.6 Å². The van der Waals surface area contributed by atoms with Gasteiger partial charge in [-0.3, -0.25) is 0 Å². The molecule has 0 heterocycles. The number of hydrogen-bond donors (Lipinski definition) is 0. The van der Waals surface area contributed by atoms with Crippen molar-refractivity contribution in [1.82, 2.24) is 0 Å². The van der Waals surface area contributed by atoms with Crippen LogP contribution in [0.1, 0.15) is 20.8 Å². The van der Waals surface area contributed by atoms with Gasteiger partial charge in [-0.25, -0.2) is 13.2 Å². The van der Waals surface area contributed by atoms with Crippen molar-refractivity contribution in [3.05, 3.63) is 72.8 Å². The second-order valence-corrected chi connectivity index (χ2v) is 13.3. The van der Waals surface area contributed by atoms with Crippen molar-refractivity contribution in [3.8, 4) is 5.75 Å². The van der Waals surface area contributed by atoms with Gasteiger partial charge in [-0.2, -0.15) is 0 Å². The van der Waals surface area contributed by atoms with Gasteiger partial charge < -0.3 is 23.8 Å². The number of ether oxygens (including phenoxy) is 2. The van der Waals surface area contributed by atoms with E-state index in [2.05, 4.69) is 58.3 Å². The molecule has 3 aromatic rings. The average molecular weight is 561 g/mol. The quantitative estimate of drug-likeness (QED) is 0.171. The number of hydrogen-bond acceptors (Lipinski definition) is 8. The Morgan fingerprint density at radius 3 is 1.34 bits per heavy atom. The molecule has 0 N–H and O–H groups in total. The minimum atomic E-state index is -3.92. The lowest BCUT2D eigenvalue weighted by Crippen LogP contribution is -2.25. The highest BCUT2D eigenvalue weighted by Gasteiger charge is 2.29. The normalized spacial score (nSPS) is 11.3. The number of anilines is 2. The summed E-state index contributed by atoms with van der Waals surface area (Å²) in [5, 5.41) is 0. The summed E-state index contributed by atoms with van der Waals surface area (Å²) in [5.41, 5.74) is 1.72. The van der Waals surface area contributed by atoms with E-state index in [0.717, 1.165) is 16.3 Å². The Balaban J connectivity index is 0.000000926. The van der Waals surface area contributed by atoms with Crippen molar-refractivity contribution in [2.24, 2.45) is 0 Å². The Kier molecular flexibility index (Phi) is 10.6. The van der Waals surface area contributed by atoms with Crippen LogP contribution in [0.15, 0.2) is 87.5 Å². The minimum Gasteiger partial charge on any atom is -0.748 e. The first-order valence-corrected chi connectivity index (χ1v) is 14.8. The van der Waals surface area contributed by atoms with Gasteiger partial charge in [0.1, 0.15) is 11.4 Å². The lowest BCUT2D eigenvalue weighted by Gasteiger charge is -2.18. The summed E-state index contributed by atoms with van der Waals surface area (Å²) in [6, 6.07) is 25.0. The minimum absolute atomic E-state index is 0.303. The lowest BCUT2D eigenvalue weighted by atomic mass is 10.2. The predicted octanol–water partition coefficient (Wildman–Crippen LogP) is 5.39. The highest BCUT2D eigenvalue weighted by Crippen LogP contribution is 2.34. The third-order valence-electron chi connectivity index (χ3n) is 4.83. The van der Waals surface area contributed by atoms with E-state index in [-0.39, 0.29) is 10.9 Å². The Morgan fingerprint density at radius 1 is 0.737 bits per heavy atom. The summed E-state index contributed by atoms with van der Waals surface area (Å²) in [5.74, 6) is 0.461. The zero-order valence-electron chi connectivity index (χ0n) is 23.1. The van der Waals surface area contributed by atoms with Gasteiger partial charge in [0, 0.05) is 45.8 Å². The Morgan fingerprint density at radius 2 is 1.05 bits per heavy atom. The molecule has 0 aliphatic carbocycles. The molecule has 0 amide bonds. The van der Waals surface area contributed by atoms with Gasteiger partial charge in [0.25, 0.3) is 0 Å². The Hall–Kier alpha value is -3.21. The SMILES string of the molecule is CN(C)c1ccc([S+](c2ccc(OC(=O)OC(C)(C)C)cc2)c2ccc(N(C)C)cc2)cc1.CS(=O)(=O)[O-]. The largest absolute Gasteiger partial charge is 0.748 e. The maximum absolute atomic E-state index is 12.0. The van der Waals surface area contributed by atoms with E-state index in [1.807, 2.05) is 73.2 Å². The van der Waals surface area contributed by atoms with Crippen LogP contribution >= 0.6 is 0 Å². The molecule has 0 fully saturated rings. The van der Waals surface area contributed by atoms with Crippen LogP contribution in [0.4, 0.5) is 16.2 Å². The highest BCUT2D eigenvalue weighted by molar-refractivity contribution is 7.97. The van der Waals surface area contributed by atoms with E-state index in [1.54, 1.807) is 0 Å². The molecule has 0 saturated heterocycles. The van der Waals surface area contributed by atoms with Crippen molar-refractivity contribution in [2.45, 2.75) is 41.1 Å². The Labute approximate surface area is 229 Å². The molecule has 0 saturated carbocycles. The molecule has 0 aliphatic heterocycles. The van der Waals surface area contributed by atoms with Crippen LogP contribution in [0, 0.1) is 0 Å². The number of carbonyl (C=O) groups excluding carboxylic acids is 1. The molecule has 38 heavy (non-hydrogen) atoms. The van der Waals surface area contributed by atoms with Gasteiger partial charge in [-0.1, -0.05) is 0 Å². The molecular formula is C28H36N2O6S2. The fourth-order valence-corrected chi connectivity index (χ4v) is 5.22. The zero-order valence-corrected chi connectivity index (χ0v) is 24.7. The fourth-order valence-electron chi connectivity index (χ4n) is 3.18. The molecule has 8 nitrogen and oxygen atoms in total. The summed E-state index contributed by atoms with van der Waals surface area (Å²) in [6.45, 7) is 5.44. The van der Waals surface area contributed by atoms with Gasteiger partial charge in [0.05, 0.1) is 21.0 Å². The molecule has 0 aromatic heterocycles. The molecular weight excluding hydrogens is 524 g/mol. The molecule has 0 unspecified atom stereocenters. The van der Waals surface area contributed by atoms with Crippen LogP contribution < -0.4 is 14.5 Å². The summed E-state index contributed by atoms with van der Waals surface area (Å²) in [4.78, 5) is 19.8. The van der Waals surface area contributed by atoms with Crippen LogP contribution in [0.5, 0.6) is 5.75 Å². The topological polar surface area (TPSA) is 99.2 Å².